The summed E-state index contributed by atoms with van der Waals surface area (Å²) in [5.41, 5.74) is 3.43. The Kier molecular flexibility index (Phi) is 5.54. The molecule has 7 heteroatoms. The molecule has 1 unspecified atom stereocenters. The number of piperidine rings is 1. The molecule has 0 bridgehead atoms. The van der Waals surface area contributed by atoms with Crippen LogP contribution in [0.4, 0.5) is 0 Å². The molecule has 0 spiro atoms. The second-order valence-corrected chi connectivity index (χ2v) is 8.12. The van der Waals surface area contributed by atoms with Gasteiger partial charge in [-0.05, 0) is 51.7 Å². The number of carbonyl (C=O) groups excluding carboxylic acids is 1. The van der Waals surface area contributed by atoms with Crippen molar-refractivity contribution in [3.63, 3.8) is 0 Å². The summed E-state index contributed by atoms with van der Waals surface area (Å²) in [7, 11) is 0. The molecule has 0 N–H and O–H groups in total. The van der Waals surface area contributed by atoms with E-state index in [0.717, 1.165) is 48.3 Å². The van der Waals surface area contributed by atoms with Crippen molar-refractivity contribution in [3.8, 4) is 11.4 Å². The molecule has 1 aliphatic heterocycles. The van der Waals surface area contributed by atoms with Crippen LogP contribution < -0.4 is 0 Å². The summed E-state index contributed by atoms with van der Waals surface area (Å²) in [4.78, 5) is 24.3. The number of aromatic nitrogens is 4. The van der Waals surface area contributed by atoms with Crippen LogP contribution in [0.1, 0.15) is 49.6 Å². The first-order valence-electron chi connectivity index (χ1n) is 10.3. The summed E-state index contributed by atoms with van der Waals surface area (Å²) in [6.07, 6.45) is 4.74. The Bertz CT molecular complexity index is 1060. The number of fused-ring (bicyclic) bond motifs is 1. The number of rotatable bonds is 4. The normalized spacial score (nSPS) is 17.1. The van der Waals surface area contributed by atoms with Crippen LogP contribution in [-0.4, -0.2) is 43.0 Å². The van der Waals surface area contributed by atoms with Gasteiger partial charge in [-0.1, -0.05) is 30.7 Å². The molecule has 3 aromatic rings. The molecule has 152 valence electrons. The van der Waals surface area contributed by atoms with Crippen molar-refractivity contribution in [1.82, 2.24) is 24.5 Å². The second-order valence-electron chi connectivity index (χ2n) is 7.71. The maximum absolute atomic E-state index is 13.1. The van der Waals surface area contributed by atoms with Crippen LogP contribution in [0.3, 0.4) is 0 Å². The minimum Gasteiger partial charge on any atom is -0.339 e. The van der Waals surface area contributed by atoms with E-state index < -0.39 is 0 Å². The highest BCUT2D eigenvalue weighted by molar-refractivity contribution is 6.33. The Labute approximate surface area is 175 Å². The smallest absolute Gasteiger partial charge is 0.253 e. The van der Waals surface area contributed by atoms with Crippen LogP contribution in [0.2, 0.25) is 5.02 Å². The topological polar surface area (TPSA) is 63.4 Å². The lowest BCUT2D eigenvalue weighted by Gasteiger charge is -2.35. The first-order chi connectivity index (χ1) is 14.0. The number of likely N-dealkylation sites (tertiary alicyclic amines) is 1. The number of nitrogens with zero attached hydrogens (tertiary/aromatic N) is 5. The Morgan fingerprint density at radius 1 is 1.21 bits per heavy atom. The predicted molar refractivity (Wildman–Crippen MR) is 114 cm³/mol. The highest BCUT2D eigenvalue weighted by Crippen LogP contribution is 2.26. The maximum Gasteiger partial charge on any atom is 0.253 e. The lowest BCUT2D eigenvalue weighted by Crippen LogP contribution is -2.44. The molecule has 1 aliphatic rings. The molecule has 29 heavy (non-hydrogen) atoms. The van der Waals surface area contributed by atoms with E-state index in [1.54, 1.807) is 4.52 Å². The predicted octanol–water partition coefficient (Wildman–Crippen LogP) is 4.40. The van der Waals surface area contributed by atoms with E-state index in [0.29, 0.717) is 29.1 Å². The van der Waals surface area contributed by atoms with Crippen molar-refractivity contribution in [1.29, 1.82) is 0 Å². The van der Waals surface area contributed by atoms with Crippen molar-refractivity contribution in [2.75, 3.05) is 6.54 Å². The molecular formula is C22H26ClN5O. The summed E-state index contributed by atoms with van der Waals surface area (Å²) >= 11 is 6.31. The quantitative estimate of drug-likeness (QED) is 0.638. The zero-order chi connectivity index (χ0) is 20.5. The third-order valence-electron chi connectivity index (χ3n) is 5.91. The lowest BCUT2D eigenvalue weighted by molar-refractivity contribution is -0.134. The molecule has 3 heterocycles. The molecule has 1 aromatic carbocycles. The minimum absolute atomic E-state index is 0.176. The molecule has 6 nitrogen and oxygen atoms in total. The molecule has 1 amide bonds. The SMILES string of the molecule is CCC1CCCCN1C(=O)Cc1c(C)nc2nc(-c3ccccc3Cl)nn2c1C. The van der Waals surface area contributed by atoms with Gasteiger partial charge < -0.3 is 4.90 Å². The highest BCUT2D eigenvalue weighted by atomic mass is 35.5. The van der Waals surface area contributed by atoms with Gasteiger partial charge in [-0.25, -0.2) is 9.50 Å². The van der Waals surface area contributed by atoms with Gasteiger partial charge in [0.05, 0.1) is 11.4 Å². The molecule has 0 saturated carbocycles. The third-order valence-corrected chi connectivity index (χ3v) is 6.24. The van der Waals surface area contributed by atoms with E-state index in [9.17, 15) is 4.79 Å². The van der Waals surface area contributed by atoms with Gasteiger partial charge in [0, 0.05) is 35.1 Å². The standard InChI is InChI=1S/C22H26ClN5O/c1-4-16-9-7-8-12-27(16)20(29)13-18-14(2)24-22-25-21(26-28(22)15(18)3)17-10-5-6-11-19(17)23/h5-6,10-11,16H,4,7-9,12-13H2,1-3H3. The second kappa shape index (κ2) is 8.11. The average Bonchev–Trinajstić information content (AvgIpc) is 3.15. The number of amides is 1. The molecule has 2 aromatic heterocycles. The summed E-state index contributed by atoms with van der Waals surface area (Å²) in [5.74, 6) is 1.24. The van der Waals surface area contributed by atoms with Gasteiger partial charge in [-0.15, -0.1) is 5.10 Å². The first kappa shape index (κ1) is 19.8. The molecule has 1 atom stereocenters. The van der Waals surface area contributed by atoms with Crippen molar-refractivity contribution >= 4 is 23.3 Å². The van der Waals surface area contributed by atoms with Crippen LogP contribution in [0, 0.1) is 13.8 Å². The maximum atomic E-state index is 13.1. The number of hydrogen-bond donors (Lipinski definition) is 0. The summed E-state index contributed by atoms with van der Waals surface area (Å²) in [6, 6.07) is 7.85. The van der Waals surface area contributed by atoms with E-state index in [4.69, 9.17) is 11.6 Å². The van der Waals surface area contributed by atoms with Crippen LogP contribution in [-0.2, 0) is 11.2 Å². The fraction of sp³-hybridized carbons (Fsp3) is 0.455. The zero-order valence-electron chi connectivity index (χ0n) is 17.2. The summed E-state index contributed by atoms with van der Waals surface area (Å²) < 4.78 is 1.72. The van der Waals surface area contributed by atoms with Gasteiger partial charge in [-0.3, -0.25) is 4.79 Å². The molecule has 0 radical (unpaired) electrons. The molecule has 1 fully saturated rings. The Hall–Kier alpha value is -2.47. The van der Waals surface area contributed by atoms with E-state index in [1.165, 1.54) is 6.42 Å². The van der Waals surface area contributed by atoms with E-state index in [1.807, 2.05) is 38.1 Å². The van der Waals surface area contributed by atoms with Crippen LogP contribution in [0.5, 0.6) is 0 Å². The Balaban J connectivity index is 1.68. The highest BCUT2D eigenvalue weighted by Gasteiger charge is 2.27. The van der Waals surface area contributed by atoms with E-state index in [-0.39, 0.29) is 5.91 Å². The summed E-state index contributed by atoms with van der Waals surface area (Å²) in [5, 5.41) is 5.23. The van der Waals surface area contributed by atoms with Crippen LogP contribution in [0.25, 0.3) is 17.2 Å². The first-order valence-corrected chi connectivity index (χ1v) is 10.6. The molecular weight excluding hydrogens is 386 g/mol. The fourth-order valence-corrected chi connectivity index (χ4v) is 4.45. The lowest BCUT2D eigenvalue weighted by atomic mass is 9.98. The third kappa shape index (κ3) is 3.73. The summed E-state index contributed by atoms with van der Waals surface area (Å²) in [6.45, 7) is 6.92. The number of aryl methyl sites for hydroxylation is 2. The van der Waals surface area contributed by atoms with Crippen LogP contribution in [0.15, 0.2) is 24.3 Å². The molecule has 4 rings (SSSR count). The Morgan fingerprint density at radius 2 is 2.00 bits per heavy atom. The van der Waals surface area contributed by atoms with E-state index in [2.05, 4.69) is 26.9 Å². The van der Waals surface area contributed by atoms with Crippen molar-refractivity contribution in [2.45, 2.75) is 58.9 Å². The van der Waals surface area contributed by atoms with Crippen molar-refractivity contribution in [3.05, 3.63) is 46.2 Å². The largest absolute Gasteiger partial charge is 0.339 e. The fourth-order valence-electron chi connectivity index (χ4n) is 4.23. The molecule has 0 aliphatic carbocycles. The van der Waals surface area contributed by atoms with Crippen LogP contribution >= 0.6 is 11.6 Å². The van der Waals surface area contributed by atoms with Gasteiger partial charge in [0.2, 0.25) is 5.91 Å². The van der Waals surface area contributed by atoms with Crippen molar-refractivity contribution < 1.29 is 4.79 Å². The van der Waals surface area contributed by atoms with Gasteiger partial charge in [-0.2, -0.15) is 4.98 Å². The minimum atomic E-state index is 0.176. The zero-order valence-corrected chi connectivity index (χ0v) is 17.9. The average molecular weight is 412 g/mol. The van der Waals surface area contributed by atoms with E-state index >= 15 is 0 Å². The number of benzene rings is 1. The molecule has 1 saturated heterocycles. The Morgan fingerprint density at radius 3 is 2.76 bits per heavy atom. The number of carbonyl (C=O) groups is 1. The van der Waals surface area contributed by atoms with Crippen molar-refractivity contribution in [2.24, 2.45) is 0 Å². The monoisotopic (exact) mass is 411 g/mol. The van der Waals surface area contributed by atoms with Gasteiger partial charge in [0.1, 0.15) is 0 Å². The van der Waals surface area contributed by atoms with Gasteiger partial charge >= 0.3 is 0 Å². The van der Waals surface area contributed by atoms with Gasteiger partial charge in [0.25, 0.3) is 5.78 Å². The number of halogens is 1. The number of hydrogen-bond acceptors (Lipinski definition) is 4. The van der Waals surface area contributed by atoms with Gasteiger partial charge in [0.15, 0.2) is 5.82 Å².